The maximum atomic E-state index is 10.4. The topological polar surface area (TPSA) is 79.4 Å². The van der Waals surface area contributed by atoms with Crippen molar-refractivity contribution >= 4 is 5.69 Å². The molecule has 1 saturated heterocycles. The predicted octanol–water partition coefficient (Wildman–Crippen LogP) is 0.207. The Labute approximate surface area is 85.7 Å². The number of nitro groups is 1. The van der Waals surface area contributed by atoms with Gasteiger partial charge in [-0.15, -0.1) is 0 Å². The first-order valence-electron chi connectivity index (χ1n) is 4.62. The molecule has 15 heavy (non-hydrogen) atoms. The van der Waals surface area contributed by atoms with Gasteiger partial charge in [-0.25, -0.2) is 0 Å². The SMILES string of the molecule is O=[N+]([O-])c1cnn(CC2COCCO2)c1. The fraction of sp³-hybridized carbons (Fsp3) is 0.625. The first kappa shape index (κ1) is 10.1. The molecule has 0 saturated carbocycles. The smallest absolute Gasteiger partial charge is 0.306 e. The van der Waals surface area contributed by atoms with Crippen LogP contribution in [0, 0.1) is 10.1 Å². The molecule has 0 N–H and O–H groups in total. The van der Waals surface area contributed by atoms with E-state index >= 15 is 0 Å². The predicted molar refractivity (Wildman–Crippen MR) is 49.4 cm³/mol. The van der Waals surface area contributed by atoms with Crippen molar-refractivity contribution in [1.29, 1.82) is 0 Å². The third-order valence-electron chi connectivity index (χ3n) is 2.11. The minimum Gasteiger partial charge on any atom is -0.376 e. The second kappa shape index (κ2) is 4.37. The largest absolute Gasteiger partial charge is 0.376 e. The van der Waals surface area contributed by atoms with E-state index in [0.29, 0.717) is 26.4 Å². The van der Waals surface area contributed by atoms with Crippen LogP contribution in [-0.2, 0) is 16.0 Å². The summed E-state index contributed by atoms with van der Waals surface area (Å²) in [6, 6.07) is 0. The molecule has 7 nitrogen and oxygen atoms in total. The lowest BCUT2D eigenvalue weighted by molar-refractivity contribution is -0.385. The molecule has 2 heterocycles. The fourth-order valence-electron chi connectivity index (χ4n) is 1.40. The van der Waals surface area contributed by atoms with Crippen LogP contribution in [0.15, 0.2) is 12.4 Å². The Morgan fingerprint density at radius 2 is 2.53 bits per heavy atom. The van der Waals surface area contributed by atoms with Crippen LogP contribution in [-0.4, -0.2) is 40.6 Å². The van der Waals surface area contributed by atoms with Crippen molar-refractivity contribution in [2.75, 3.05) is 19.8 Å². The van der Waals surface area contributed by atoms with Crippen molar-refractivity contribution < 1.29 is 14.4 Å². The molecule has 0 aromatic carbocycles. The monoisotopic (exact) mass is 213 g/mol. The highest BCUT2D eigenvalue weighted by atomic mass is 16.6. The summed E-state index contributed by atoms with van der Waals surface area (Å²) in [6.07, 6.45) is 2.54. The van der Waals surface area contributed by atoms with E-state index < -0.39 is 4.92 Å². The molecule has 1 aliphatic heterocycles. The Kier molecular flexibility index (Phi) is 2.93. The Balaban J connectivity index is 1.94. The van der Waals surface area contributed by atoms with E-state index in [1.807, 2.05) is 0 Å². The molecule has 1 fully saturated rings. The van der Waals surface area contributed by atoms with E-state index in [0.717, 1.165) is 0 Å². The quantitative estimate of drug-likeness (QED) is 0.529. The van der Waals surface area contributed by atoms with Crippen molar-refractivity contribution in [1.82, 2.24) is 9.78 Å². The van der Waals surface area contributed by atoms with Crippen LogP contribution in [0.1, 0.15) is 0 Å². The van der Waals surface area contributed by atoms with Gasteiger partial charge in [0, 0.05) is 0 Å². The lowest BCUT2D eigenvalue weighted by atomic mass is 10.3. The summed E-state index contributed by atoms with van der Waals surface area (Å²) >= 11 is 0. The molecule has 0 radical (unpaired) electrons. The molecule has 0 amide bonds. The van der Waals surface area contributed by atoms with Crippen molar-refractivity contribution in [3.05, 3.63) is 22.5 Å². The average molecular weight is 213 g/mol. The second-order valence-corrected chi connectivity index (χ2v) is 3.25. The molecule has 1 aromatic heterocycles. The van der Waals surface area contributed by atoms with E-state index in [1.54, 1.807) is 0 Å². The van der Waals surface area contributed by atoms with E-state index in [4.69, 9.17) is 9.47 Å². The van der Waals surface area contributed by atoms with Crippen LogP contribution in [0.3, 0.4) is 0 Å². The number of nitrogens with zero attached hydrogens (tertiary/aromatic N) is 3. The summed E-state index contributed by atoms with van der Waals surface area (Å²) in [5.41, 5.74) is -0.00766. The third-order valence-corrected chi connectivity index (χ3v) is 2.11. The Hall–Kier alpha value is -1.47. The average Bonchev–Trinajstić information content (AvgIpc) is 2.68. The van der Waals surface area contributed by atoms with Crippen LogP contribution >= 0.6 is 0 Å². The van der Waals surface area contributed by atoms with Gasteiger partial charge in [0.2, 0.25) is 0 Å². The van der Waals surface area contributed by atoms with Crippen LogP contribution < -0.4 is 0 Å². The summed E-state index contributed by atoms with van der Waals surface area (Å²) in [5, 5.41) is 14.3. The normalized spacial score (nSPS) is 21.5. The van der Waals surface area contributed by atoms with E-state index in [-0.39, 0.29) is 11.8 Å². The molecule has 1 aliphatic rings. The van der Waals surface area contributed by atoms with E-state index in [2.05, 4.69) is 5.10 Å². The first-order valence-corrected chi connectivity index (χ1v) is 4.62. The molecule has 1 atom stereocenters. The summed E-state index contributed by atoms with van der Waals surface area (Å²) in [6.45, 7) is 2.16. The third kappa shape index (κ3) is 2.51. The van der Waals surface area contributed by atoms with E-state index in [9.17, 15) is 10.1 Å². The zero-order valence-corrected chi connectivity index (χ0v) is 8.04. The van der Waals surface area contributed by atoms with Gasteiger partial charge in [-0.3, -0.25) is 14.8 Å². The molecule has 82 valence electrons. The maximum Gasteiger partial charge on any atom is 0.306 e. The van der Waals surface area contributed by atoms with Gasteiger partial charge in [-0.2, -0.15) is 5.10 Å². The summed E-state index contributed by atoms with van der Waals surface area (Å²) < 4.78 is 12.1. The Morgan fingerprint density at radius 1 is 1.67 bits per heavy atom. The zero-order chi connectivity index (χ0) is 10.7. The zero-order valence-electron chi connectivity index (χ0n) is 8.04. The van der Waals surface area contributed by atoms with Gasteiger partial charge in [-0.1, -0.05) is 0 Å². The maximum absolute atomic E-state index is 10.4. The van der Waals surface area contributed by atoms with Gasteiger partial charge < -0.3 is 9.47 Å². The van der Waals surface area contributed by atoms with Crippen molar-refractivity contribution in [3.63, 3.8) is 0 Å². The molecule has 0 spiro atoms. The number of rotatable bonds is 3. The standard InChI is InChI=1S/C8H11N3O4/c12-11(13)7-3-9-10(4-7)5-8-6-14-1-2-15-8/h3-4,8H,1-2,5-6H2. The summed E-state index contributed by atoms with van der Waals surface area (Å²) in [7, 11) is 0. The van der Waals surface area contributed by atoms with Crippen LogP contribution in [0.25, 0.3) is 0 Å². The summed E-state index contributed by atoms with van der Waals surface area (Å²) in [5.74, 6) is 0. The molecule has 1 aromatic rings. The molecule has 7 heteroatoms. The Bertz CT molecular complexity index is 345. The van der Waals surface area contributed by atoms with Gasteiger partial charge in [0.05, 0.1) is 31.3 Å². The number of ether oxygens (including phenoxy) is 2. The molecule has 1 unspecified atom stereocenters. The van der Waals surface area contributed by atoms with Gasteiger partial charge >= 0.3 is 5.69 Å². The first-order chi connectivity index (χ1) is 7.25. The Morgan fingerprint density at radius 3 is 3.13 bits per heavy atom. The van der Waals surface area contributed by atoms with Gasteiger partial charge in [0.1, 0.15) is 18.5 Å². The molecular weight excluding hydrogens is 202 g/mol. The van der Waals surface area contributed by atoms with Crippen molar-refractivity contribution in [2.24, 2.45) is 0 Å². The van der Waals surface area contributed by atoms with E-state index in [1.165, 1.54) is 17.1 Å². The van der Waals surface area contributed by atoms with Crippen LogP contribution in [0.2, 0.25) is 0 Å². The molecule has 2 rings (SSSR count). The molecular formula is C8H11N3O4. The van der Waals surface area contributed by atoms with Gasteiger partial charge in [-0.05, 0) is 0 Å². The highest BCUT2D eigenvalue weighted by Crippen LogP contribution is 2.10. The van der Waals surface area contributed by atoms with Crippen LogP contribution in [0.4, 0.5) is 5.69 Å². The second-order valence-electron chi connectivity index (χ2n) is 3.25. The highest BCUT2D eigenvalue weighted by molar-refractivity contribution is 5.20. The fourth-order valence-corrected chi connectivity index (χ4v) is 1.40. The van der Waals surface area contributed by atoms with Crippen molar-refractivity contribution in [2.45, 2.75) is 12.6 Å². The molecule has 0 aliphatic carbocycles. The minimum absolute atomic E-state index is 0.00766. The minimum atomic E-state index is -0.471. The number of aromatic nitrogens is 2. The number of hydrogen-bond donors (Lipinski definition) is 0. The van der Waals surface area contributed by atoms with Gasteiger partial charge in [0.25, 0.3) is 0 Å². The van der Waals surface area contributed by atoms with Gasteiger partial charge in [0.15, 0.2) is 0 Å². The summed E-state index contributed by atoms with van der Waals surface area (Å²) in [4.78, 5) is 9.93. The molecule has 0 bridgehead atoms. The lowest BCUT2D eigenvalue weighted by Gasteiger charge is -2.22. The van der Waals surface area contributed by atoms with Crippen molar-refractivity contribution in [3.8, 4) is 0 Å². The van der Waals surface area contributed by atoms with Crippen LogP contribution in [0.5, 0.6) is 0 Å². The highest BCUT2D eigenvalue weighted by Gasteiger charge is 2.17. The lowest BCUT2D eigenvalue weighted by Crippen LogP contribution is -2.32. The number of hydrogen-bond acceptors (Lipinski definition) is 5.